The molecule has 0 spiro atoms. The van der Waals surface area contributed by atoms with E-state index in [1.807, 2.05) is 0 Å². The number of hydrogen-bond acceptors (Lipinski definition) is 3. The van der Waals surface area contributed by atoms with E-state index in [1.165, 1.54) is 18.3 Å². The lowest BCUT2D eigenvalue weighted by Gasteiger charge is -2.07. The number of hydrogen-bond donors (Lipinski definition) is 2. The number of benzene rings is 1. The van der Waals surface area contributed by atoms with Crippen molar-refractivity contribution in [2.75, 3.05) is 0 Å². The van der Waals surface area contributed by atoms with E-state index in [0.29, 0.717) is 11.3 Å². The SMILES string of the molecule is Oc1cc(-c2ncc(Cl)c(O)c2Cl)ccc1Cl. The Hall–Kier alpha value is -1.16. The lowest BCUT2D eigenvalue weighted by atomic mass is 10.1. The molecule has 0 amide bonds. The van der Waals surface area contributed by atoms with Crippen LogP contribution in [0.25, 0.3) is 11.3 Å². The Bertz CT molecular complexity index is 587. The highest BCUT2D eigenvalue weighted by Crippen LogP contribution is 2.39. The summed E-state index contributed by atoms with van der Waals surface area (Å²) in [5.74, 6) is -0.329. The summed E-state index contributed by atoms with van der Waals surface area (Å²) in [4.78, 5) is 4.00. The van der Waals surface area contributed by atoms with Gasteiger partial charge in [0.15, 0.2) is 5.75 Å². The van der Waals surface area contributed by atoms with E-state index in [-0.39, 0.29) is 26.6 Å². The average molecular weight is 291 g/mol. The molecule has 0 saturated heterocycles. The number of aromatic hydroxyl groups is 2. The second kappa shape index (κ2) is 4.61. The van der Waals surface area contributed by atoms with E-state index >= 15 is 0 Å². The maximum absolute atomic E-state index is 9.58. The van der Waals surface area contributed by atoms with Crippen LogP contribution < -0.4 is 0 Å². The highest BCUT2D eigenvalue weighted by molar-refractivity contribution is 6.38. The first-order chi connectivity index (χ1) is 8.00. The van der Waals surface area contributed by atoms with Crippen molar-refractivity contribution in [3.8, 4) is 22.8 Å². The Labute approximate surface area is 112 Å². The molecule has 0 aliphatic carbocycles. The summed E-state index contributed by atoms with van der Waals surface area (Å²) in [6.45, 7) is 0. The zero-order chi connectivity index (χ0) is 12.6. The summed E-state index contributed by atoms with van der Waals surface area (Å²) in [6, 6.07) is 4.55. The van der Waals surface area contributed by atoms with E-state index in [2.05, 4.69) is 4.98 Å². The molecule has 1 aromatic carbocycles. The summed E-state index contributed by atoms with van der Waals surface area (Å²) in [5, 5.41) is 19.4. The first-order valence-electron chi connectivity index (χ1n) is 4.52. The molecule has 1 aromatic heterocycles. The third kappa shape index (κ3) is 2.27. The summed E-state index contributed by atoms with van der Waals surface area (Å²) in [5.41, 5.74) is 0.851. The van der Waals surface area contributed by atoms with E-state index in [9.17, 15) is 10.2 Å². The Morgan fingerprint density at radius 2 is 1.71 bits per heavy atom. The Morgan fingerprint density at radius 3 is 2.35 bits per heavy atom. The standard InChI is InChI=1S/C11H6Cl3NO2/c12-6-2-1-5(3-8(6)16)10-9(14)11(17)7(13)4-15-10/h1-4,16H,(H,15,17). The van der Waals surface area contributed by atoms with Crippen molar-refractivity contribution in [2.45, 2.75) is 0 Å². The third-order valence-corrected chi connectivity index (χ3v) is 3.12. The molecular weight excluding hydrogens is 284 g/mol. The van der Waals surface area contributed by atoms with Crippen LogP contribution in [0.5, 0.6) is 11.5 Å². The van der Waals surface area contributed by atoms with Crippen LogP contribution in [0.3, 0.4) is 0 Å². The highest BCUT2D eigenvalue weighted by atomic mass is 35.5. The van der Waals surface area contributed by atoms with Crippen LogP contribution in [0.4, 0.5) is 0 Å². The fourth-order valence-electron chi connectivity index (χ4n) is 1.32. The van der Waals surface area contributed by atoms with Crippen molar-refractivity contribution in [2.24, 2.45) is 0 Å². The minimum absolute atomic E-state index is 0.0271. The van der Waals surface area contributed by atoms with E-state index < -0.39 is 0 Å². The first kappa shape index (κ1) is 12.3. The fourth-order valence-corrected chi connectivity index (χ4v) is 1.89. The predicted octanol–water partition coefficient (Wildman–Crippen LogP) is 4.12. The molecule has 0 bridgehead atoms. The Kier molecular flexibility index (Phi) is 3.33. The van der Waals surface area contributed by atoms with Gasteiger partial charge in [0.1, 0.15) is 15.8 Å². The van der Waals surface area contributed by atoms with Gasteiger partial charge in [-0.05, 0) is 12.1 Å². The molecule has 0 atom stereocenters. The van der Waals surface area contributed by atoms with Gasteiger partial charge in [-0.3, -0.25) is 4.98 Å². The molecule has 88 valence electrons. The van der Waals surface area contributed by atoms with Gasteiger partial charge < -0.3 is 10.2 Å². The van der Waals surface area contributed by atoms with Crippen molar-refractivity contribution in [3.63, 3.8) is 0 Å². The molecule has 0 aliphatic heterocycles. The van der Waals surface area contributed by atoms with Gasteiger partial charge in [-0.15, -0.1) is 0 Å². The van der Waals surface area contributed by atoms with Gasteiger partial charge in [0.25, 0.3) is 0 Å². The van der Waals surface area contributed by atoms with Gasteiger partial charge in [0.2, 0.25) is 0 Å². The normalized spacial score (nSPS) is 10.5. The fraction of sp³-hybridized carbons (Fsp3) is 0. The summed E-state index contributed by atoms with van der Waals surface area (Å²) in [6.07, 6.45) is 1.28. The first-order valence-corrected chi connectivity index (χ1v) is 5.66. The van der Waals surface area contributed by atoms with Crippen molar-refractivity contribution in [1.82, 2.24) is 4.98 Å². The Morgan fingerprint density at radius 1 is 1.00 bits per heavy atom. The highest BCUT2D eigenvalue weighted by Gasteiger charge is 2.13. The van der Waals surface area contributed by atoms with Gasteiger partial charge in [0.05, 0.1) is 16.9 Å². The number of halogens is 3. The number of rotatable bonds is 1. The van der Waals surface area contributed by atoms with E-state index in [0.717, 1.165) is 0 Å². The number of nitrogens with zero attached hydrogens (tertiary/aromatic N) is 1. The molecule has 0 unspecified atom stereocenters. The molecule has 2 rings (SSSR count). The van der Waals surface area contributed by atoms with Crippen molar-refractivity contribution < 1.29 is 10.2 Å². The molecule has 3 nitrogen and oxygen atoms in total. The van der Waals surface area contributed by atoms with Gasteiger partial charge >= 0.3 is 0 Å². The zero-order valence-electron chi connectivity index (χ0n) is 8.28. The van der Waals surface area contributed by atoms with Crippen LogP contribution >= 0.6 is 34.8 Å². The van der Waals surface area contributed by atoms with Gasteiger partial charge in [-0.2, -0.15) is 0 Å². The largest absolute Gasteiger partial charge is 0.506 e. The number of pyridine rings is 1. The van der Waals surface area contributed by atoms with Crippen LogP contribution in [0, 0.1) is 0 Å². The number of phenols is 1. The van der Waals surface area contributed by atoms with Crippen molar-refractivity contribution in [1.29, 1.82) is 0 Å². The van der Waals surface area contributed by atoms with Crippen LogP contribution in [0.15, 0.2) is 24.4 Å². The van der Waals surface area contributed by atoms with Crippen molar-refractivity contribution >= 4 is 34.8 Å². The van der Waals surface area contributed by atoms with Crippen LogP contribution in [-0.4, -0.2) is 15.2 Å². The summed E-state index contributed by atoms with van der Waals surface area (Å²) < 4.78 is 0. The van der Waals surface area contributed by atoms with E-state index in [1.54, 1.807) is 6.07 Å². The summed E-state index contributed by atoms with van der Waals surface area (Å²) >= 11 is 17.3. The van der Waals surface area contributed by atoms with Crippen LogP contribution in [-0.2, 0) is 0 Å². The minimum atomic E-state index is -0.243. The smallest absolute Gasteiger partial charge is 0.156 e. The summed E-state index contributed by atoms with van der Waals surface area (Å²) in [7, 11) is 0. The molecule has 6 heteroatoms. The van der Waals surface area contributed by atoms with Gasteiger partial charge in [-0.25, -0.2) is 0 Å². The third-order valence-electron chi connectivity index (χ3n) is 2.17. The Balaban J connectivity index is 2.61. The monoisotopic (exact) mass is 289 g/mol. The molecule has 0 saturated carbocycles. The van der Waals surface area contributed by atoms with Crippen molar-refractivity contribution in [3.05, 3.63) is 39.5 Å². The van der Waals surface area contributed by atoms with Crippen LogP contribution in [0.2, 0.25) is 15.1 Å². The van der Waals surface area contributed by atoms with Gasteiger partial charge in [-0.1, -0.05) is 40.9 Å². The second-order valence-electron chi connectivity index (χ2n) is 3.28. The average Bonchev–Trinajstić information content (AvgIpc) is 2.30. The molecule has 1 heterocycles. The lowest BCUT2D eigenvalue weighted by molar-refractivity contribution is 0.474. The zero-order valence-corrected chi connectivity index (χ0v) is 10.6. The van der Waals surface area contributed by atoms with Gasteiger partial charge in [0, 0.05) is 5.56 Å². The number of phenolic OH excluding ortho intramolecular Hbond substituents is 1. The molecular formula is C11H6Cl3NO2. The number of aromatic nitrogens is 1. The topological polar surface area (TPSA) is 53.4 Å². The van der Waals surface area contributed by atoms with E-state index in [4.69, 9.17) is 34.8 Å². The lowest BCUT2D eigenvalue weighted by Crippen LogP contribution is -1.86. The molecule has 0 radical (unpaired) electrons. The molecule has 0 aliphatic rings. The molecule has 0 fully saturated rings. The predicted molar refractivity (Wildman–Crippen MR) is 68.0 cm³/mol. The van der Waals surface area contributed by atoms with Crippen LogP contribution in [0.1, 0.15) is 0 Å². The minimum Gasteiger partial charge on any atom is -0.506 e. The molecule has 17 heavy (non-hydrogen) atoms. The quantitative estimate of drug-likeness (QED) is 0.830. The molecule has 2 N–H and O–H groups in total. The second-order valence-corrected chi connectivity index (χ2v) is 4.48. The maximum Gasteiger partial charge on any atom is 0.156 e. The molecule has 2 aromatic rings. The maximum atomic E-state index is 9.58.